The van der Waals surface area contributed by atoms with Crippen molar-refractivity contribution >= 4 is 11.6 Å². The summed E-state index contributed by atoms with van der Waals surface area (Å²) >= 11 is 0. The van der Waals surface area contributed by atoms with E-state index in [9.17, 15) is 9.18 Å². The largest absolute Gasteiger partial charge is 0.467 e. The maximum Gasteiger partial charge on any atom is 0.254 e. The molecule has 0 aliphatic heterocycles. The molecule has 1 unspecified atom stereocenters. The number of carbonyl (C=O) groups excluding carboxylic acids is 1. The Kier molecular flexibility index (Phi) is 3.32. The Morgan fingerprint density at radius 3 is 2.83 bits per heavy atom. The van der Waals surface area contributed by atoms with Crippen molar-refractivity contribution in [2.45, 2.75) is 13.0 Å². The minimum absolute atomic E-state index is 0.0393. The molecule has 1 amide bonds. The van der Waals surface area contributed by atoms with Crippen molar-refractivity contribution in [2.24, 2.45) is 0 Å². The zero-order valence-corrected chi connectivity index (χ0v) is 9.81. The first-order valence-corrected chi connectivity index (χ1v) is 5.47. The Bertz CT molecular complexity index is 552. The lowest BCUT2D eigenvalue weighted by molar-refractivity contribution is 0.0931. The van der Waals surface area contributed by atoms with E-state index in [4.69, 9.17) is 10.2 Å². The summed E-state index contributed by atoms with van der Waals surface area (Å²) in [5.74, 6) is -0.533. The molecule has 5 heteroatoms. The van der Waals surface area contributed by atoms with Crippen molar-refractivity contribution in [1.82, 2.24) is 5.32 Å². The zero-order valence-electron chi connectivity index (χ0n) is 9.81. The molecule has 4 nitrogen and oxygen atoms in total. The molecule has 2 aromatic rings. The van der Waals surface area contributed by atoms with E-state index < -0.39 is 11.7 Å². The monoisotopic (exact) mass is 248 g/mol. The highest BCUT2D eigenvalue weighted by Gasteiger charge is 2.16. The second-order valence-electron chi connectivity index (χ2n) is 3.95. The predicted molar refractivity (Wildman–Crippen MR) is 65.4 cm³/mol. The lowest BCUT2D eigenvalue weighted by atomic mass is 10.1. The summed E-state index contributed by atoms with van der Waals surface area (Å²) in [6, 6.07) is 7.09. The van der Waals surface area contributed by atoms with Gasteiger partial charge in [-0.1, -0.05) is 0 Å². The van der Waals surface area contributed by atoms with Gasteiger partial charge in [-0.05, 0) is 37.3 Å². The van der Waals surface area contributed by atoms with Crippen LogP contribution >= 0.6 is 0 Å². The van der Waals surface area contributed by atoms with E-state index in [1.54, 1.807) is 19.1 Å². The maximum atomic E-state index is 13.5. The number of anilines is 1. The van der Waals surface area contributed by atoms with Crippen LogP contribution in [0.4, 0.5) is 10.1 Å². The van der Waals surface area contributed by atoms with E-state index in [2.05, 4.69) is 5.32 Å². The van der Waals surface area contributed by atoms with E-state index >= 15 is 0 Å². The molecule has 1 aromatic carbocycles. The highest BCUT2D eigenvalue weighted by molar-refractivity contribution is 5.95. The van der Waals surface area contributed by atoms with Gasteiger partial charge in [-0.25, -0.2) is 4.39 Å². The molecule has 0 saturated heterocycles. The first kappa shape index (κ1) is 12.2. The van der Waals surface area contributed by atoms with Crippen molar-refractivity contribution in [2.75, 3.05) is 5.73 Å². The number of amides is 1. The Labute approximate surface area is 104 Å². The van der Waals surface area contributed by atoms with Crippen molar-refractivity contribution in [1.29, 1.82) is 0 Å². The average molecular weight is 248 g/mol. The normalized spacial score (nSPS) is 12.1. The highest BCUT2D eigenvalue weighted by Crippen LogP contribution is 2.15. The first-order valence-electron chi connectivity index (χ1n) is 5.47. The molecule has 0 spiro atoms. The molecular formula is C13H13FN2O2. The van der Waals surface area contributed by atoms with Crippen molar-refractivity contribution < 1.29 is 13.6 Å². The van der Waals surface area contributed by atoms with Crippen LogP contribution in [0, 0.1) is 5.82 Å². The molecule has 0 bridgehead atoms. The highest BCUT2D eigenvalue weighted by atomic mass is 19.1. The van der Waals surface area contributed by atoms with E-state index in [-0.39, 0.29) is 17.3 Å². The smallest absolute Gasteiger partial charge is 0.254 e. The topological polar surface area (TPSA) is 68.3 Å². The Morgan fingerprint density at radius 1 is 1.44 bits per heavy atom. The molecule has 0 saturated carbocycles. The maximum absolute atomic E-state index is 13.5. The quantitative estimate of drug-likeness (QED) is 0.820. The van der Waals surface area contributed by atoms with Gasteiger partial charge in [0, 0.05) is 5.69 Å². The lowest BCUT2D eigenvalue weighted by Gasteiger charge is -2.12. The van der Waals surface area contributed by atoms with Crippen LogP contribution in [0.1, 0.15) is 29.1 Å². The fourth-order valence-electron chi connectivity index (χ4n) is 1.60. The van der Waals surface area contributed by atoms with Crippen LogP contribution < -0.4 is 11.1 Å². The van der Waals surface area contributed by atoms with E-state index in [0.717, 1.165) is 6.07 Å². The number of hydrogen-bond acceptors (Lipinski definition) is 3. The summed E-state index contributed by atoms with van der Waals surface area (Å²) in [7, 11) is 0. The van der Waals surface area contributed by atoms with Gasteiger partial charge in [-0.15, -0.1) is 0 Å². The molecule has 0 aliphatic rings. The molecule has 0 aliphatic carbocycles. The van der Waals surface area contributed by atoms with Crippen molar-refractivity contribution in [3.8, 4) is 0 Å². The number of furan rings is 1. The van der Waals surface area contributed by atoms with Gasteiger partial charge in [-0.3, -0.25) is 4.79 Å². The SMILES string of the molecule is CC(NC(=O)c1ccc(N)cc1F)c1ccco1. The van der Waals surface area contributed by atoms with Crippen LogP contribution in [0.3, 0.4) is 0 Å². The third-order valence-corrected chi connectivity index (χ3v) is 2.56. The second-order valence-corrected chi connectivity index (χ2v) is 3.95. The van der Waals surface area contributed by atoms with Crippen molar-refractivity contribution in [3.63, 3.8) is 0 Å². The number of nitrogens with one attached hydrogen (secondary N) is 1. The summed E-state index contributed by atoms with van der Waals surface area (Å²) in [5.41, 5.74) is 5.66. The fraction of sp³-hybridized carbons (Fsp3) is 0.154. The van der Waals surface area contributed by atoms with E-state index in [0.29, 0.717) is 5.76 Å². The van der Waals surface area contributed by atoms with Crippen LogP contribution in [0.15, 0.2) is 41.0 Å². The summed E-state index contributed by atoms with van der Waals surface area (Å²) in [4.78, 5) is 11.8. The van der Waals surface area contributed by atoms with Gasteiger partial charge in [-0.2, -0.15) is 0 Å². The fourth-order valence-corrected chi connectivity index (χ4v) is 1.60. The minimum Gasteiger partial charge on any atom is -0.467 e. The Balaban J connectivity index is 2.12. The third kappa shape index (κ3) is 2.51. The molecular weight excluding hydrogens is 235 g/mol. The van der Waals surface area contributed by atoms with Gasteiger partial charge < -0.3 is 15.5 Å². The van der Waals surface area contributed by atoms with Crippen molar-refractivity contribution in [3.05, 3.63) is 53.7 Å². The molecule has 94 valence electrons. The van der Waals surface area contributed by atoms with Crippen LogP contribution in [0.25, 0.3) is 0 Å². The number of nitrogen functional groups attached to an aromatic ring is 1. The molecule has 1 atom stereocenters. The zero-order chi connectivity index (χ0) is 13.1. The Hall–Kier alpha value is -2.30. The molecule has 2 rings (SSSR count). The minimum atomic E-state index is -0.640. The standard InChI is InChI=1S/C13H13FN2O2/c1-8(12-3-2-6-18-12)16-13(17)10-5-4-9(15)7-11(10)14/h2-8H,15H2,1H3,(H,16,17). The molecule has 3 N–H and O–H groups in total. The van der Waals surface area contributed by atoms with Crippen LogP contribution in [0.2, 0.25) is 0 Å². The van der Waals surface area contributed by atoms with Gasteiger partial charge >= 0.3 is 0 Å². The summed E-state index contributed by atoms with van der Waals surface area (Å²) in [6.07, 6.45) is 1.52. The van der Waals surface area contributed by atoms with E-state index in [1.165, 1.54) is 18.4 Å². The molecule has 18 heavy (non-hydrogen) atoms. The third-order valence-electron chi connectivity index (χ3n) is 2.56. The van der Waals surface area contributed by atoms with Gasteiger partial charge in [0.25, 0.3) is 5.91 Å². The van der Waals surface area contributed by atoms with Gasteiger partial charge in [0.15, 0.2) is 0 Å². The van der Waals surface area contributed by atoms with Gasteiger partial charge in [0.05, 0.1) is 17.9 Å². The number of nitrogens with two attached hydrogens (primary N) is 1. The summed E-state index contributed by atoms with van der Waals surface area (Å²) in [6.45, 7) is 1.76. The van der Waals surface area contributed by atoms with Gasteiger partial charge in [0.1, 0.15) is 11.6 Å². The average Bonchev–Trinajstić information content (AvgIpc) is 2.81. The Morgan fingerprint density at radius 2 is 2.22 bits per heavy atom. The lowest BCUT2D eigenvalue weighted by Crippen LogP contribution is -2.27. The summed E-state index contributed by atoms with van der Waals surface area (Å²) in [5, 5.41) is 2.65. The predicted octanol–water partition coefficient (Wildman–Crippen LogP) is 2.49. The number of benzene rings is 1. The van der Waals surface area contributed by atoms with Crippen LogP contribution in [0.5, 0.6) is 0 Å². The molecule has 1 aromatic heterocycles. The second kappa shape index (κ2) is 4.91. The van der Waals surface area contributed by atoms with Crippen LogP contribution in [-0.2, 0) is 0 Å². The summed E-state index contributed by atoms with van der Waals surface area (Å²) < 4.78 is 18.7. The number of rotatable bonds is 3. The number of hydrogen-bond donors (Lipinski definition) is 2. The number of carbonyl (C=O) groups is 1. The first-order chi connectivity index (χ1) is 8.58. The molecule has 0 fully saturated rings. The molecule has 0 radical (unpaired) electrons. The van der Waals surface area contributed by atoms with Crippen LogP contribution in [-0.4, -0.2) is 5.91 Å². The molecule has 1 heterocycles. The van der Waals surface area contributed by atoms with E-state index in [1.807, 2.05) is 0 Å². The number of halogens is 1. The van der Waals surface area contributed by atoms with Gasteiger partial charge in [0.2, 0.25) is 0 Å².